The molecule has 2 aliphatic rings. The van der Waals surface area contributed by atoms with E-state index in [-0.39, 0.29) is 16.6 Å². The standard InChI is InChI=1S/C14H16ClNO/c1-14-9-16(7-10-5-3-2-4-6-10)8-11(14)12(14)13(15)17/h2-6,11-12H,7-9H2,1H3. The van der Waals surface area contributed by atoms with Crippen LogP contribution >= 0.6 is 11.6 Å². The van der Waals surface area contributed by atoms with Gasteiger partial charge in [-0.25, -0.2) is 0 Å². The van der Waals surface area contributed by atoms with E-state index in [0.717, 1.165) is 19.6 Å². The first-order chi connectivity index (χ1) is 8.11. The minimum absolute atomic E-state index is 0.108. The van der Waals surface area contributed by atoms with Crippen molar-refractivity contribution in [1.29, 1.82) is 0 Å². The molecule has 0 bridgehead atoms. The first kappa shape index (κ1) is 11.2. The van der Waals surface area contributed by atoms with Crippen LogP contribution in [0.4, 0.5) is 0 Å². The highest BCUT2D eigenvalue weighted by Crippen LogP contribution is 2.63. The molecule has 1 aliphatic carbocycles. The molecule has 3 heteroatoms. The van der Waals surface area contributed by atoms with Gasteiger partial charge in [0, 0.05) is 25.6 Å². The highest BCUT2D eigenvalue weighted by Gasteiger charge is 2.68. The molecule has 2 fully saturated rings. The van der Waals surface area contributed by atoms with Crippen molar-refractivity contribution < 1.29 is 4.79 Å². The van der Waals surface area contributed by atoms with Crippen molar-refractivity contribution in [2.45, 2.75) is 13.5 Å². The number of carbonyl (C=O) groups is 1. The third kappa shape index (κ3) is 1.80. The number of halogens is 1. The van der Waals surface area contributed by atoms with Crippen LogP contribution in [0.15, 0.2) is 30.3 Å². The van der Waals surface area contributed by atoms with E-state index >= 15 is 0 Å². The summed E-state index contributed by atoms with van der Waals surface area (Å²) in [6.07, 6.45) is 0. The van der Waals surface area contributed by atoms with Crippen molar-refractivity contribution >= 4 is 16.8 Å². The molecule has 1 heterocycles. The van der Waals surface area contributed by atoms with Crippen LogP contribution in [0.1, 0.15) is 12.5 Å². The van der Waals surface area contributed by atoms with Crippen LogP contribution < -0.4 is 0 Å². The van der Waals surface area contributed by atoms with Gasteiger partial charge in [-0.1, -0.05) is 37.3 Å². The highest BCUT2D eigenvalue weighted by atomic mass is 35.5. The van der Waals surface area contributed by atoms with Gasteiger partial charge in [0.25, 0.3) is 0 Å². The number of hydrogen-bond donors (Lipinski definition) is 0. The molecule has 3 rings (SSSR count). The fourth-order valence-corrected chi connectivity index (χ4v) is 3.80. The summed E-state index contributed by atoms with van der Waals surface area (Å²) < 4.78 is 0. The van der Waals surface area contributed by atoms with E-state index < -0.39 is 0 Å². The zero-order valence-corrected chi connectivity index (χ0v) is 10.7. The first-order valence-corrected chi connectivity index (χ1v) is 6.45. The van der Waals surface area contributed by atoms with Gasteiger partial charge in [0.2, 0.25) is 5.24 Å². The Balaban J connectivity index is 1.63. The summed E-state index contributed by atoms with van der Waals surface area (Å²) in [6.45, 7) is 5.17. The Hall–Kier alpha value is -0.860. The first-order valence-electron chi connectivity index (χ1n) is 6.07. The summed E-state index contributed by atoms with van der Waals surface area (Å²) in [5.74, 6) is 0.590. The maximum atomic E-state index is 11.2. The lowest BCUT2D eigenvalue weighted by Crippen LogP contribution is -2.27. The number of likely N-dealkylation sites (tertiary alicyclic amines) is 1. The number of fused-ring (bicyclic) bond motifs is 1. The molecule has 0 amide bonds. The Morgan fingerprint density at radius 3 is 2.71 bits per heavy atom. The van der Waals surface area contributed by atoms with Crippen LogP contribution in [0.25, 0.3) is 0 Å². The molecule has 2 nitrogen and oxygen atoms in total. The Kier molecular flexibility index (Phi) is 2.53. The fourth-order valence-electron chi connectivity index (χ4n) is 3.39. The maximum Gasteiger partial charge on any atom is 0.225 e. The van der Waals surface area contributed by atoms with Crippen molar-refractivity contribution in [2.75, 3.05) is 13.1 Å². The quantitative estimate of drug-likeness (QED) is 0.768. The second kappa shape index (κ2) is 3.82. The molecule has 1 aromatic rings. The van der Waals surface area contributed by atoms with Crippen LogP contribution in [-0.2, 0) is 11.3 Å². The molecule has 0 radical (unpaired) electrons. The predicted molar refractivity (Wildman–Crippen MR) is 67.7 cm³/mol. The van der Waals surface area contributed by atoms with E-state index in [1.54, 1.807) is 0 Å². The van der Waals surface area contributed by atoms with E-state index in [0.29, 0.717) is 5.92 Å². The Morgan fingerprint density at radius 1 is 1.47 bits per heavy atom. The molecule has 1 aromatic carbocycles. The van der Waals surface area contributed by atoms with Gasteiger partial charge < -0.3 is 0 Å². The van der Waals surface area contributed by atoms with Gasteiger partial charge in [-0.05, 0) is 28.5 Å². The number of nitrogens with zero attached hydrogens (tertiary/aromatic N) is 1. The Labute approximate surface area is 107 Å². The number of piperidine rings is 1. The summed E-state index contributed by atoms with van der Waals surface area (Å²) in [7, 11) is 0. The van der Waals surface area contributed by atoms with Crippen molar-refractivity contribution in [3.05, 3.63) is 35.9 Å². The minimum atomic E-state index is -0.142. The number of hydrogen-bond acceptors (Lipinski definition) is 2. The summed E-state index contributed by atoms with van der Waals surface area (Å²) in [5, 5.41) is -0.142. The smallest absolute Gasteiger partial charge is 0.225 e. The molecule has 17 heavy (non-hydrogen) atoms. The molecule has 0 spiro atoms. The topological polar surface area (TPSA) is 20.3 Å². The second-order valence-corrected chi connectivity index (χ2v) is 5.92. The van der Waals surface area contributed by atoms with Crippen molar-refractivity contribution in [1.82, 2.24) is 4.90 Å². The van der Waals surface area contributed by atoms with Gasteiger partial charge in [0.15, 0.2) is 0 Å². The van der Waals surface area contributed by atoms with E-state index in [4.69, 9.17) is 11.6 Å². The molecule has 1 aliphatic heterocycles. The summed E-state index contributed by atoms with van der Waals surface area (Å²) >= 11 is 5.62. The SMILES string of the molecule is CC12CN(Cc3ccccc3)CC1C2C(=O)Cl. The van der Waals surface area contributed by atoms with Gasteiger partial charge in [-0.2, -0.15) is 0 Å². The molecule has 3 atom stereocenters. The summed E-state index contributed by atoms with van der Waals surface area (Å²) in [4.78, 5) is 13.7. The number of benzene rings is 1. The second-order valence-electron chi connectivity index (χ2n) is 5.55. The summed E-state index contributed by atoms with van der Waals surface area (Å²) in [6, 6.07) is 10.5. The molecule has 90 valence electrons. The maximum absolute atomic E-state index is 11.2. The van der Waals surface area contributed by atoms with E-state index in [1.165, 1.54) is 5.56 Å². The zero-order chi connectivity index (χ0) is 12.0. The van der Waals surface area contributed by atoms with Crippen LogP contribution in [0.3, 0.4) is 0 Å². The molecule has 1 saturated heterocycles. The normalized spacial score (nSPS) is 35.6. The molecular formula is C14H16ClNO. The monoisotopic (exact) mass is 249 g/mol. The van der Waals surface area contributed by atoms with Crippen molar-refractivity contribution in [3.63, 3.8) is 0 Å². The Bertz CT molecular complexity index is 447. The Morgan fingerprint density at radius 2 is 2.18 bits per heavy atom. The zero-order valence-electron chi connectivity index (χ0n) is 9.90. The fraction of sp³-hybridized carbons (Fsp3) is 0.500. The summed E-state index contributed by atoms with van der Waals surface area (Å²) in [5.41, 5.74) is 1.49. The number of rotatable bonds is 3. The predicted octanol–water partition coefficient (Wildman–Crippen LogP) is 2.52. The largest absolute Gasteiger partial charge is 0.298 e. The molecular weight excluding hydrogens is 234 g/mol. The lowest BCUT2D eigenvalue weighted by atomic mass is 10.1. The average molecular weight is 250 g/mol. The van der Waals surface area contributed by atoms with Gasteiger partial charge in [0.05, 0.1) is 0 Å². The molecule has 1 saturated carbocycles. The van der Waals surface area contributed by atoms with Crippen LogP contribution in [0.2, 0.25) is 0 Å². The van der Waals surface area contributed by atoms with Crippen molar-refractivity contribution in [3.8, 4) is 0 Å². The number of carbonyl (C=O) groups excluding carboxylic acids is 1. The molecule has 3 unspecified atom stereocenters. The van der Waals surface area contributed by atoms with Gasteiger partial charge in [0.1, 0.15) is 0 Å². The average Bonchev–Trinajstić information content (AvgIpc) is 2.70. The van der Waals surface area contributed by atoms with Crippen LogP contribution in [0, 0.1) is 17.3 Å². The molecule has 0 N–H and O–H groups in total. The third-order valence-corrected chi connectivity index (χ3v) is 4.60. The van der Waals surface area contributed by atoms with Crippen molar-refractivity contribution in [2.24, 2.45) is 17.3 Å². The highest BCUT2D eigenvalue weighted by molar-refractivity contribution is 6.64. The third-order valence-electron chi connectivity index (χ3n) is 4.36. The lowest BCUT2D eigenvalue weighted by molar-refractivity contribution is -0.114. The van der Waals surface area contributed by atoms with E-state index in [9.17, 15) is 4.79 Å². The van der Waals surface area contributed by atoms with Crippen LogP contribution in [-0.4, -0.2) is 23.2 Å². The lowest BCUT2D eigenvalue weighted by Gasteiger charge is -2.20. The van der Waals surface area contributed by atoms with Gasteiger partial charge in [-0.3, -0.25) is 9.69 Å². The van der Waals surface area contributed by atoms with Crippen LogP contribution in [0.5, 0.6) is 0 Å². The molecule has 0 aromatic heterocycles. The van der Waals surface area contributed by atoms with E-state index in [1.807, 2.05) is 6.07 Å². The van der Waals surface area contributed by atoms with Gasteiger partial charge >= 0.3 is 0 Å². The van der Waals surface area contributed by atoms with E-state index in [2.05, 4.69) is 36.1 Å². The van der Waals surface area contributed by atoms with Gasteiger partial charge in [-0.15, -0.1) is 0 Å². The minimum Gasteiger partial charge on any atom is -0.298 e.